The molecule has 0 saturated heterocycles. The van der Waals surface area contributed by atoms with Gasteiger partial charge in [0.2, 0.25) is 5.91 Å². The molecule has 0 atom stereocenters. The van der Waals surface area contributed by atoms with Gasteiger partial charge in [-0.3, -0.25) is 4.79 Å². The monoisotopic (exact) mass is 377 g/mol. The molecule has 25 heavy (non-hydrogen) atoms. The average molecular weight is 378 g/mol. The van der Waals surface area contributed by atoms with Crippen molar-refractivity contribution in [2.45, 2.75) is 16.7 Å². The summed E-state index contributed by atoms with van der Waals surface area (Å²) in [6.45, 7) is 2.73. The second-order valence-electron chi connectivity index (χ2n) is 5.32. The molecule has 2 aromatic rings. The number of nitrogens with one attached hydrogen (secondary N) is 1. The van der Waals surface area contributed by atoms with Gasteiger partial charge < -0.3 is 14.8 Å². The fourth-order valence-corrected chi connectivity index (χ4v) is 3.62. The number of carbonyl (C=O) groups excluding carboxylic acids is 1. The van der Waals surface area contributed by atoms with E-state index in [1.165, 1.54) is 22.2 Å². The molecule has 0 saturated carbocycles. The van der Waals surface area contributed by atoms with Crippen LogP contribution in [0.4, 0.5) is 0 Å². The Balaban J connectivity index is 1.69. The van der Waals surface area contributed by atoms with Crippen molar-refractivity contribution in [2.24, 2.45) is 0 Å². The molecule has 2 aromatic carbocycles. The van der Waals surface area contributed by atoms with E-state index in [9.17, 15) is 4.79 Å². The van der Waals surface area contributed by atoms with Gasteiger partial charge in [-0.15, -0.1) is 23.5 Å². The van der Waals surface area contributed by atoms with Crippen LogP contribution >= 0.6 is 23.5 Å². The van der Waals surface area contributed by atoms with Crippen molar-refractivity contribution in [1.29, 1.82) is 0 Å². The zero-order valence-electron chi connectivity index (χ0n) is 14.7. The molecule has 0 bridgehead atoms. The van der Waals surface area contributed by atoms with E-state index in [4.69, 9.17) is 9.47 Å². The summed E-state index contributed by atoms with van der Waals surface area (Å²) in [7, 11) is 3.21. The first-order valence-corrected chi connectivity index (χ1v) is 9.90. The van der Waals surface area contributed by atoms with E-state index in [1.807, 2.05) is 18.2 Å². The summed E-state index contributed by atoms with van der Waals surface area (Å²) in [4.78, 5) is 14.1. The minimum absolute atomic E-state index is 0.0318. The lowest BCUT2D eigenvalue weighted by molar-refractivity contribution is -0.118. The molecular formula is C19H23NO3S2. The zero-order valence-corrected chi connectivity index (χ0v) is 16.3. The number of thioether (sulfide) groups is 2. The maximum atomic E-state index is 12.0. The summed E-state index contributed by atoms with van der Waals surface area (Å²) in [5, 5.41) is 2.95. The molecule has 0 aliphatic rings. The van der Waals surface area contributed by atoms with Crippen LogP contribution in [0.25, 0.3) is 0 Å². The van der Waals surface area contributed by atoms with Crippen LogP contribution in [0.2, 0.25) is 0 Å². The standard InChI is InChI=1S/C19H23NO3S2/c1-14-4-6-15(7-5-14)24-11-10-20-19(21)13-25-16-8-9-17(22-2)18(12-16)23-3/h4-9,12H,10-11,13H2,1-3H3,(H,20,21). The van der Waals surface area contributed by atoms with Crippen LogP contribution in [0.15, 0.2) is 52.3 Å². The van der Waals surface area contributed by atoms with E-state index in [1.54, 1.807) is 26.0 Å². The third-order valence-corrected chi connectivity index (χ3v) is 5.45. The van der Waals surface area contributed by atoms with Gasteiger partial charge in [-0.1, -0.05) is 17.7 Å². The Morgan fingerprint density at radius 3 is 2.32 bits per heavy atom. The topological polar surface area (TPSA) is 47.6 Å². The fourth-order valence-electron chi connectivity index (χ4n) is 2.10. The quantitative estimate of drug-likeness (QED) is 0.528. The second kappa shape index (κ2) is 10.3. The van der Waals surface area contributed by atoms with E-state index in [-0.39, 0.29) is 5.91 Å². The smallest absolute Gasteiger partial charge is 0.230 e. The molecule has 134 valence electrons. The van der Waals surface area contributed by atoms with Gasteiger partial charge in [0.05, 0.1) is 20.0 Å². The number of hydrogen-bond donors (Lipinski definition) is 1. The minimum Gasteiger partial charge on any atom is -0.493 e. The first-order chi connectivity index (χ1) is 12.1. The van der Waals surface area contributed by atoms with Crippen LogP contribution in [-0.2, 0) is 4.79 Å². The van der Waals surface area contributed by atoms with Crippen molar-refractivity contribution in [3.63, 3.8) is 0 Å². The molecule has 0 heterocycles. The average Bonchev–Trinajstić information content (AvgIpc) is 2.64. The van der Waals surface area contributed by atoms with Crippen LogP contribution in [-0.4, -0.2) is 38.2 Å². The summed E-state index contributed by atoms with van der Waals surface area (Å²) >= 11 is 3.22. The molecule has 1 amide bonds. The summed E-state index contributed by atoms with van der Waals surface area (Å²) in [6, 6.07) is 14.1. The van der Waals surface area contributed by atoms with Gasteiger partial charge in [0.1, 0.15) is 0 Å². The van der Waals surface area contributed by atoms with Gasteiger partial charge in [-0.05, 0) is 37.3 Å². The van der Waals surface area contributed by atoms with Gasteiger partial charge in [-0.25, -0.2) is 0 Å². The van der Waals surface area contributed by atoms with Gasteiger partial charge in [-0.2, -0.15) is 0 Å². The number of amides is 1. The molecule has 0 aliphatic carbocycles. The molecule has 6 heteroatoms. The summed E-state index contributed by atoms with van der Waals surface area (Å²) < 4.78 is 10.5. The lowest BCUT2D eigenvalue weighted by atomic mass is 10.2. The van der Waals surface area contributed by atoms with Crippen molar-refractivity contribution in [3.05, 3.63) is 48.0 Å². The Kier molecular flexibility index (Phi) is 8.01. The van der Waals surface area contributed by atoms with Gasteiger partial charge in [0.25, 0.3) is 0 Å². The Morgan fingerprint density at radius 2 is 1.64 bits per heavy atom. The molecule has 0 radical (unpaired) electrons. The third-order valence-electron chi connectivity index (χ3n) is 3.44. The predicted molar refractivity (Wildman–Crippen MR) is 105 cm³/mol. The zero-order chi connectivity index (χ0) is 18.1. The molecule has 2 rings (SSSR count). The van der Waals surface area contributed by atoms with E-state index in [2.05, 4.69) is 36.5 Å². The van der Waals surface area contributed by atoms with Crippen molar-refractivity contribution < 1.29 is 14.3 Å². The van der Waals surface area contributed by atoms with Crippen molar-refractivity contribution in [1.82, 2.24) is 5.32 Å². The molecule has 0 aliphatic heterocycles. The van der Waals surface area contributed by atoms with Gasteiger partial charge in [0, 0.05) is 22.1 Å². The minimum atomic E-state index is 0.0318. The highest BCUT2D eigenvalue weighted by molar-refractivity contribution is 8.00. The lowest BCUT2D eigenvalue weighted by Gasteiger charge is -2.09. The van der Waals surface area contributed by atoms with E-state index >= 15 is 0 Å². The maximum absolute atomic E-state index is 12.0. The third kappa shape index (κ3) is 6.55. The molecule has 0 spiro atoms. The number of aryl methyl sites for hydroxylation is 1. The van der Waals surface area contributed by atoms with E-state index < -0.39 is 0 Å². The van der Waals surface area contributed by atoms with Crippen molar-refractivity contribution >= 4 is 29.4 Å². The second-order valence-corrected chi connectivity index (χ2v) is 7.53. The largest absolute Gasteiger partial charge is 0.493 e. The Labute approximate surface area is 157 Å². The highest BCUT2D eigenvalue weighted by Crippen LogP contribution is 2.31. The SMILES string of the molecule is COc1ccc(SCC(=O)NCCSc2ccc(C)cc2)cc1OC. The first kappa shape index (κ1) is 19.5. The van der Waals surface area contributed by atoms with Gasteiger partial charge in [0.15, 0.2) is 11.5 Å². The highest BCUT2D eigenvalue weighted by atomic mass is 32.2. The Morgan fingerprint density at radius 1 is 0.960 bits per heavy atom. The molecule has 4 nitrogen and oxygen atoms in total. The number of carbonyl (C=O) groups is 1. The molecule has 0 fully saturated rings. The molecular weight excluding hydrogens is 354 g/mol. The van der Waals surface area contributed by atoms with Crippen molar-refractivity contribution in [3.8, 4) is 11.5 Å². The lowest BCUT2D eigenvalue weighted by Crippen LogP contribution is -2.27. The highest BCUT2D eigenvalue weighted by Gasteiger charge is 2.07. The summed E-state index contributed by atoms with van der Waals surface area (Å²) in [5.41, 5.74) is 1.25. The van der Waals surface area contributed by atoms with Crippen molar-refractivity contribution in [2.75, 3.05) is 32.3 Å². The molecule has 0 unspecified atom stereocenters. The number of ether oxygens (including phenoxy) is 2. The number of benzene rings is 2. The molecule has 1 N–H and O–H groups in total. The Hall–Kier alpha value is -1.79. The van der Waals surface area contributed by atoms with Crippen LogP contribution in [0.3, 0.4) is 0 Å². The predicted octanol–water partition coefficient (Wildman–Crippen LogP) is 4.01. The van der Waals surface area contributed by atoms with Crippen LogP contribution in [0.5, 0.6) is 11.5 Å². The van der Waals surface area contributed by atoms with E-state index in [0.717, 1.165) is 10.6 Å². The summed E-state index contributed by atoms with van der Waals surface area (Å²) in [5.74, 6) is 2.62. The fraction of sp³-hybridized carbons (Fsp3) is 0.316. The number of hydrogen-bond acceptors (Lipinski definition) is 5. The normalized spacial score (nSPS) is 10.4. The first-order valence-electron chi connectivity index (χ1n) is 7.93. The number of rotatable bonds is 9. The van der Waals surface area contributed by atoms with Crippen LogP contribution in [0.1, 0.15) is 5.56 Å². The maximum Gasteiger partial charge on any atom is 0.230 e. The van der Waals surface area contributed by atoms with Gasteiger partial charge >= 0.3 is 0 Å². The van der Waals surface area contributed by atoms with Crippen LogP contribution in [0, 0.1) is 6.92 Å². The van der Waals surface area contributed by atoms with Crippen LogP contribution < -0.4 is 14.8 Å². The Bertz CT molecular complexity index is 690. The van der Waals surface area contributed by atoms with E-state index in [0.29, 0.717) is 23.8 Å². The summed E-state index contributed by atoms with van der Waals surface area (Å²) in [6.07, 6.45) is 0. The number of methoxy groups -OCH3 is 2. The molecule has 0 aromatic heterocycles.